The Kier molecular flexibility index (Phi) is 3.99. The van der Waals surface area contributed by atoms with Crippen LogP contribution in [0.4, 0.5) is 0 Å². The average Bonchev–Trinajstić information content (AvgIpc) is 2.72. The molecule has 16 heavy (non-hydrogen) atoms. The molecule has 0 radical (unpaired) electrons. The van der Waals surface area contributed by atoms with Crippen LogP contribution in [0.2, 0.25) is 0 Å². The summed E-state index contributed by atoms with van der Waals surface area (Å²) in [7, 11) is 1.94. The van der Waals surface area contributed by atoms with Gasteiger partial charge in [0.1, 0.15) is 6.10 Å². The minimum atomic E-state index is 0.346. The lowest BCUT2D eigenvalue weighted by Gasteiger charge is -2.19. The van der Waals surface area contributed by atoms with Gasteiger partial charge in [0.2, 0.25) is 0 Å². The fraction of sp³-hybridized carbons (Fsp3) is 0.583. The molecule has 1 atom stereocenters. The maximum absolute atomic E-state index is 5.47. The summed E-state index contributed by atoms with van der Waals surface area (Å²) in [5.41, 5.74) is 1.28. The minimum Gasteiger partial charge on any atom is -0.497 e. The summed E-state index contributed by atoms with van der Waals surface area (Å²) in [5, 5.41) is 7.56. The molecule has 1 aliphatic rings. The van der Waals surface area contributed by atoms with Crippen LogP contribution in [0.15, 0.2) is 24.7 Å². The third-order valence-corrected chi connectivity index (χ3v) is 2.74. The molecule has 0 aromatic carbocycles. The van der Waals surface area contributed by atoms with Crippen LogP contribution in [-0.4, -0.2) is 29.0 Å². The summed E-state index contributed by atoms with van der Waals surface area (Å²) in [5.74, 6) is 0. The Bertz CT molecular complexity index is 346. The summed E-state index contributed by atoms with van der Waals surface area (Å²) < 4.78 is 7.31. The molecule has 88 valence electrons. The molecule has 1 aliphatic heterocycles. The van der Waals surface area contributed by atoms with Crippen molar-refractivity contribution in [3.63, 3.8) is 0 Å². The predicted octanol–water partition coefficient (Wildman–Crippen LogP) is 1.24. The van der Waals surface area contributed by atoms with Crippen molar-refractivity contribution >= 4 is 0 Å². The van der Waals surface area contributed by atoms with E-state index >= 15 is 0 Å². The molecule has 2 rings (SSSR count). The number of nitrogens with zero attached hydrogens (tertiary/aromatic N) is 2. The molecule has 0 fully saturated rings. The van der Waals surface area contributed by atoms with E-state index in [9.17, 15) is 0 Å². The second-order valence-electron chi connectivity index (χ2n) is 4.18. The van der Waals surface area contributed by atoms with E-state index in [-0.39, 0.29) is 0 Å². The van der Waals surface area contributed by atoms with E-state index in [2.05, 4.69) is 22.7 Å². The van der Waals surface area contributed by atoms with Gasteiger partial charge in [-0.2, -0.15) is 5.10 Å². The first-order valence-corrected chi connectivity index (χ1v) is 5.83. The molecule has 1 aromatic rings. The van der Waals surface area contributed by atoms with Crippen LogP contribution >= 0.6 is 0 Å². The zero-order valence-electron chi connectivity index (χ0n) is 9.72. The Hall–Kier alpha value is -1.29. The predicted molar refractivity (Wildman–Crippen MR) is 63.0 cm³/mol. The normalized spacial score (nSPS) is 19.7. The van der Waals surface area contributed by atoms with E-state index in [1.165, 1.54) is 5.56 Å². The highest BCUT2D eigenvalue weighted by atomic mass is 16.5. The molecule has 2 heterocycles. The molecule has 0 saturated heterocycles. The Labute approximate surface area is 96.3 Å². The van der Waals surface area contributed by atoms with Crippen molar-refractivity contribution in [1.82, 2.24) is 15.1 Å². The molecule has 4 heteroatoms. The van der Waals surface area contributed by atoms with Crippen molar-refractivity contribution in [2.45, 2.75) is 25.4 Å². The van der Waals surface area contributed by atoms with Crippen LogP contribution in [0.25, 0.3) is 0 Å². The van der Waals surface area contributed by atoms with E-state index in [1.54, 1.807) is 0 Å². The van der Waals surface area contributed by atoms with Crippen molar-refractivity contribution < 1.29 is 4.74 Å². The molecule has 0 amide bonds. The number of nitrogens with one attached hydrogen (secondary N) is 1. The lowest BCUT2D eigenvalue weighted by molar-refractivity contribution is 0.123. The molecular weight excluding hydrogens is 202 g/mol. The maximum Gasteiger partial charge on any atom is 0.110 e. The minimum absolute atomic E-state index is 0.346. The zero-order chi connectivity index (χ0) is 11.2. The van der Waals surface area contributed by atoms with Crippen LogP contribution in [-0.2, 0) is 18.2 Å². The first-order chi connectivity index (χ1) is 7.84. The third-order valence-electron chi connectivity index (χ3n) is 2.74. The smallest absolute Gasteiger partial charge is 0.110 e. The first-order valence-electron chi connectivity index (χ1n) is 5.83. The van der Waals surface area contributed by atoms with Gasteiger partial charge in [0.25, 0.3) is 0 Å². The molecule has 0 saturated carbocycles. The number of hydrogen-bond acceptors (Lipinski definition) is 3. The molecule has 0 spiro atoms. The molecule has 1 unspecified atom stereocenters. The van der Waals surface area contributed by atoms with Crippen LogP contribution in [0.3, 0.4) is 0 Å². The number of hydrogen-bond donors (Lipinski definition) is 1. The van der Waals surface area contributed by atoms with Gasteiger partial charge in [-0.15, -0.1) is 0 Å². The van der Waals surface area contributed by atoms with Crippen molar-refractivity contribution in [3.8, 4) is 0 Å². The fourth-order valence-electron chi connectivity index (χ4n) is 1.83. The molecule has 1 aromatic heterocycles. The third kappa shape index (κ3) is 3.38. The van der Waals surface area contributed by atoms with E-state index in [0.29, 0.717) is 6.10 Å². The van der Waals surface area contributed by atoms with Gasteiger partial charge >= 0.3 is 0 Å². The second kappa shape index (κ2) is 5.70. The van der Waals surface area contributed by atoms with Gasteiger partial charge in [-0.1, -0.05) is 0 Å². The summed E-state index contributed by atoms with van der Waals surface area (Å²) in [6, 6.07) is 0. The SMILES string of the molecule is Cn1cc(CCNCC2CCC=CO2)cn1. The van der Waals surface area contributed by atoms with E-state index in [4.69, 9.17) is 4.74 Å². The van der Waals surface area contributed by atoms with Crippen LogP contribution in [0.5, 0.6) is 0 Å². The topological polar surface area (TPSA) is 39.1 Å². The fourth-order valence-corrected chi connectivity index (χ4v) is 1.83. The Morgan fingerprint density at radius 2 is 2.56 bits per heavy atom. The summed E-state index contributed by atoms with van der Waals surface area (Å²) >= 11 is 0. The van der Waals surface area contributed by atoms with Crippen LogP contribution < -0.4 is 5.32 Å². The van der Waals surface area contributed by atoms with Gasteiger partial charge in [-0.05, 0) is 37.4 Å². The second-order valence-corrected chi connectivity index (χ2v) is 4.18. The lowest BCUT2D eigenvalue weighted by Crippen LogP contribution is -2.30. The molecule has 1 N–H and O–H groups in total. The zero-order valence-corrected chi connectivity index (χ0v) is 9.72. The van der Waals surface area contributed by atoms with E-state index in [0.717, 1.165) is 32.4 Å². The maximum atomic E-state index is 5.47. The van der Waals surface area contributed by atoms with Crippen molar-refractivity contribution in [2.75, 3.05) is 13.1 Å². The lowest BCUT2D eigenvalue weighted by atomic mass is 10.1. The van der Waals surface area contributed by atoms with Gasteiger partial charge in [-0.25, -0.2) is 0 Å². The van der Waals surface area contributed by atoms with E-state index in [1.807, 2.05) is 24.2 Å². The highest BCUT2D eigenvalue weighted by molar-refractivity contribution is 5.03. The number of allylic oxidation sites excluding steroid dienone is 1. The Balaban J connectivity index is 1.59. The molecular formula is C12H19N3O. The number of aryl methyl sites for hydroxylation is 1. The van der Waals surface area contributed by atoms with Crippen LogP contribution in [0.1, 0.15) is 18.4 Å². The summed E-state index contributed by atoms with van der Waals surface area (Å²) in [4.78, 5) is 0. The van der Waals surface area contributed by atoms with Crippen LogP contribution in [0, 0.1) is 0 Å². The number of ether oxygens (including phenoxy) is 1. The Morgan fingerprint density at radius 1 is 1.62 bits per heavy atom. The van der Waals surface area contributed by atoms with Crippen molar-refractivity contribution in [3.05, 3.63) is 30.3 Å². The summed E-state index contributed by atoms with van der Waals surface area (Å²) in [6.45, 7) is 1.92. The largest absolute Gasteiger partial charge is 0.497 e. The Morgan fingerprint density at radius 3 is 3.25 bits per heavy atom. The quantitative estimate of drug-likeness (QED) is 0.760. The van der Waals surface area contributed by atoms with Crippen molar-refractivity contribution in [2.24, 2.45) is 7.05 Å². The number of aromatic nitrogens is 2. The van der Waals surface area contributed by atoms with Crippen molar-refractivity contribution in [1.29, 1.82) is 0 Å². The average molecular weight is 221 g/mol. The number of rotatable bonds is 5. The standard InChI is InChI=1S/C12H19N3O/c1-15-10-11(8-14-15)5-6-13-9-12-4-2-3-7-16-12/h3,7-8,10,12-13H,2,4-6,9H2,1H3. The molecule has 0 bridgehead atoms. The highest BCUT2D eigenvalue weighted by Crippen LogP contribution is 2.08. The monoisotopic (exact) mass is 221 g/mol. The molecule has 0 aliphatic carbocycles. The van der Waals surface area contributed by atoms with Gasteiger partial charge in [-0.3, -0.25) is 4.68 Å². The summed E-state index contributed by atoms with van der Waals surface area (Å²) in [6.07, 6.45) is 11.5. The van der Waals surface area contributed by atoms with Gasteiger partial charge < -0.3 is 10.1 Å². The van der Waals surface area contributed by atoms with Gasteiger partial charge in [0.15, 0.2) is 0 Å². The van der Waals surface area contributed by atoms with Gasteiger partial charge in [0, 0.05) is 19.8 Å². The molecule has 4 nitrogen and oxygen atoms in total. The van der Waals surface area contributed by atoms with Gasteiger partial charge in [0.05, 0.1) is 12.5 Å². The van der Waals surface area contributed by atoms with E-state index < -0.39 is 0 Å². The highest BCUT2D eigenvalue weighted by Gasteiger charge is 2.09. The first kappa shape index (κ1) is 11.2.